The molecule has 31 heavy (non-hydrogen) atoms. The molecule has 0 atom stereocenters. The molecule has 6 heteroatoms. The van der Waals surface area contributed by atoms with Gasteiger partial charge in [0.2, 0.25) is 5.91 Å². The van der Waals surface area contributed by atoms with E-state index < -0.39 is 0 Å². The molecule has 0 bridgehead atoms. The number of amides is 2. The van der Waals surface area contributed by atoms with Gasteiger partial charge in [0.1, 0.15) is 0 Å². The highest BCUT2D eigenvalue weighted by atomic mass is 35.5. The zero-order valence-electron chi connectivity index (χ0n) is 19.2. The number of carbonyl (C=O) groups is 2. The molecule has 0 unspecified atom stereocenters. The van der Waals surface area contributed by atoms with Crippen LogP contribution in [-0.2, 0) is 4.79 Å². The van der Waals surface area contributed by atoms with Crippen LogP contribution in [0.25, 0.3) is 0 Å². The second-order valence-electron chi connectivity index (χ2n) is 10.2. The van der Waals surface area contributed by atoms with Gasteiger partial charge < -0.3 is 14.7 Å². The largest absolute Gasteiger partial charge is 0.338 e. The molecule has 1 aromatic rings. The molecule has 3 saturated heterocycles. The summed E-state index contributed by atoms with van der Waals surface area (Å²) in [5.74, 6) is 1.10. The first-order valence-electron chi connectivity index (χ1n) is 11.9. The topological polar surface area (TPSA) is 43.9 Å². The number of nitrogens with zero attached hydrogens (tertiary/aromatic N) is 3. The average molecular weight is 446 g/mol. The highest BCUT2D eigenvalue weighted by Crippen LogP contribution is 2.52. The lowest BCUT2D eigenvalue weighted by Gasteiger charge is -2.45. The fourth-order valence-electron chi connectivity index (χ4n) is 6.20. The van der Waals surface area contributed by atoms with E-state index in [1.807, 2.05) is 4.90 Å². The Kier molecular flexibility index (Phi) is 6.37. The van der Waals surface area contributed by atoms with Gasteiger partial charge in [0.25, 0.3) is 5.91 Å². The van der Waals surface area contributed by atoms with Crippen molar-refractivity contribution < 1.29 is 9.59 Å². The Morgan fingerprint density at radius 1 is 1.03 bits per heavy atom. The number of hydrogen-bond acceptors (Lipinski definition) is 3. The number of likely N-dealkylation sites (tertiary alicyclic amines) is 3. The summed E-state index contributed by atoms with van der Waals surface area (Å²) in [5.41, 5.74) is 0.415. The zero-order chi connectivity index (χ0) is 22.2. The van der Waals surface area contributed by atoms with Gasteiger partial charge in [0, 0.05) is 42.3 Å². The smallest absolute Gasteiger partial charge is 0.253 e. The lowest BCUT2D eigenvalue weighted by molar-refractivity contribution is -0.140. The molecule has 3 fully saturated rings. The second-order valence-corrected chi connectivity index (χ2v) is 10.7. The highest BCUT2D eigenvalue weighted by Gasteiger charge is 2.59. The van der Waals surface area contributed by atoms with E-state index in [1.54, 1.807) is 24.3 Å². The van der Waals surface area contributed by atoms with Crippen LogP contribution in [0.4, 0.5) is 0 Å². The number of rotatable bonds is 4. The van der Waals surface area contributed by atoms with Crippen molar-refractivity contribution in [1.29, 1.82) is 0 Å². The van der Waals surface area contributed by atoms with E-state index in [0.29, 0.717) is 35.5 Å². The first-order chi connectivity index (χ1) is 14.8. The molecular formula is C25H36ClN3O2. The lowest BCUT2D eigenvalue weighted by atomic mass is 9.71. The van der Waals surface area contributed by atoms with Crippen molar-refractivity contribution in [2.45, 2.75) is 58.4 Å². The van der Waals surface area contributed by atoms with Gasteiger partial charge >= 0.3 is 0 Å². The predicted molar refractivity (Wildman–Crippen MR) is 124 cm³/mol. The van der Waals surface area contributed by atoms with E-state index in [9.17, 15) is 9.59 Å². The molecule has 3 aliphatic heterocycles. The van der Waals surface area contributed by atoms with Gasteiger partial charge in [-0.3, -0.25) is 9.59 Å². The predicted octanol–water partition coefficient (Wildman–Crippen LogP) is 4.31. The Labute approximate surface area is 191 Å². The van der Waals surface area contributed by atoms with Gasteiger partial charge in [-0.2, -0.15) is 0 Å². The summed E-state index contributed by atoms with van der Waals surface area (Å²) < 4.78 is 0. The second kappa shape index (κ2) is 8.74. The summed E-state index contributed by atoms with van der Waals surface area (Å²) in [5, 5.41) is 0.641. The normalized spacial score (nSPS) is 23.3. The van der Waals surface area contributed by atoms with Crippen molar-refractivity contribution >= 4 is 23.4 Å². The minimum absolute atomic E-state index is 0.0654. The lowest BCUT2D eigenvalue weighted by Crippen LogP contribution is -2.54. The summed E-state index contributed by atoms with van der Waals surface area (Å²) in [7, 11) is 0. The van der Waals surface area contributed by atoms with Gasteiger partial charge in [0.15, 0.2) is 0 Å². The molecule has 4 rings (SSSR count). The van der Waals surface area contributed by atoms with E-state index in [0.717, 1.165) is 58.3 Å². The first-order valence-corrected chi connectivity index (χ1v) is 12.3. The van der Waals surface area contributed by atoms with Crippen molar-refractivity contribution in [2.24, 2.45) is 11.3 Å². The minimum Gasteiger partial charge on any atom is -0.338 e. The third-order valence-electron chi connectivity index (χ3n) is 7.76. The number of piperidine rings is 2. The standard InChI is InChI=1S/C25H36ClN3O2/c1-4-29-23(31)24(9-13-27(14-10-24)17-19(2)3)18-25(29)11-15-28(16-12-25)22(30)20-5-7-21(26)8-6-20/h5-8,19H,4,9-18H2,1-3H3. The van der Waals surface area contributed by atoms with Gasteiger partial charge in [-0.25, -0.2) is 0 Å². The van der Waals surface area contributed by atoms with Crippen LogP contribution in [0.1, 0.15) is 63.2 Å². The number of hydrogen-bond donors (Lipinski definition) is 0. The third-order valence-corrected chi connectivity index (χ3v) is 8.02. The third kappa shape index (κ3) is 4.23. The van der Waals surface area contributed by atoms with Gasteiger partial charge in [0.05, 0.1) is 5.41 Å². The summed E-state index contributed by atoms with van der Waals surface area (Å²) in [6, 6.07) is 7.13. The Bertz CT molecular complexity index is 807. The summed E-state index contributed by atoms with van der Waals surface area (Å²) in [4.78, 5) is 33.2. The van der Waals surface area contributed by atoms with Crippen LogP contribution in [0.5, 0.6) is 0 Å². The molecule has 5 nitrogen and oxygen atoms in total. The van der Waals surface area contributed by atoms with E-state index in [2.05, 4.69) is 30.6 Å². The Hall–Kier alpha value is -1.59. The maximum absolute atomic E-state index is 13.6. The zero-order valence-corrected chi connectivity index (χ0v) is 20.0. The number of benzene rings is 1. The maximum Gasteiger partial charge on any atom is 0.253 e. The molecule has 0 N–H and O–H groups in total. The van der Waals surface area contributed by atoms with Crippen LogP contribution in [0.2, 0.25) is 5.02 Å². The summed E-state index contributed by atoms with van der Waals surface area (Å²) >= 11 is 5.97. The van der Waals surface area contributed by atoms with Gasteiger partial charge in [-0.15, -0.1) is 0 Å². The molecule has 0 aromatic heterocycles. The maximum atomic E-state index is 13.6. The molecule has 3 aliphatic rings. The van der Waals surface area contributed by atoms with Crippen molar-refractivity contribution in [2.75, 3.05) is 39.3 Å². The summed E-state index contributed by atoms with van der Waals surface area (Å²) in [6.45, 7) is 12.0. The fraction of sp³-hybridized carbons (Fsp3) is 0.680. The molecule has 0 aliphatic carbocycles. The Balaban J connectivity index is 1.44. The Morgan fingerprint density at radius 3 is 2.19 bits per heavy atom. The van der Waals surface area contributed by atoms with E-state index in [1.165, 1.54) is 0 Å². The molecular weight excluding hydrogens is 410 g/mol. The fourth-order valence-corrected chi connectivity index (χ4v) is 6.33. The molecule has 1 aromatic carbocycles. The van der Waals surface area contributed by atoms with Crippen LogP contribution in [0.3, 0.4) is 0 Å². The first kappa shape index (κ1) is 22.6. The molecule has 0 saturated carbocycles. The van der Waals surface area contributed by atoms with Crippen LogP contribution in [0, 0.1) is 11.3 Å². The summed E-state index contributed by atoms with van der Waals surface area (Å²) in [6.07, 6.45) is 4.67. The molecule has 170 valence electrons. The Morgan fingerprint density at radius 2 is 1.65 bits per heavy atom. The number of halogens is 1. The average Bonchev–Trinajstić information content (AvgIpc) is 2.97. The number of carbonyl (C=O) groups excluding carboxylic acids is 2. The highest BCUT2D eigenvalue weighted by molar-refractivity contribution is 6.30. The van der Waals surface area contributed by atoms with Crippen LogP contribution >= 0.6 is 11.6 Å². The van der Waals surface area contributed by atoms with Gasteiger partial charge in [-0.1, -0.05) is 25.4 Å². The van der Waals surface area contributed by atoms with Crippen LogP contribution in [-0.4, -0.2) is 71.3 Å². The van der Waals surface area contributed by atoms with Gasteiger partial charge in [-0.05, 0) is 82.3 Å². The molecule has 2 spiro atoms. The monoisotopic (exact) mass is 445 g/mol. The van der Waals surface area contributed by atoms with E-state index >= 15 is 0 Å². The van der Waals surface area contributed by atoms with Crippen LogP contribution < -0.4 is 0 Å². The minimum atomic E-state index is -0.189. The van der Waals surface area contributed by atoms with E-state index in [4.69, 9.17) is 11.6 Å². The van der Waals surface area contributed by atoms with Crippen molar-refractivity contribution in [3.8, 4) is 0 Å². The van der Waals surface area contributed by atoms with Crippen molar-refractivity contribution in [1.82, 2.24) is 14.7 Å². The molecule has 2 amide bonds. The molecule has 0 radical (unpaired) electrons. The van der Waals surface area contributed by atoms with Crippen LogP contribution in [0.15, 0.2) is 24.3 Å². The molecule has 3 heterocycles. The van der Waals surface area contributed by atoms with E-state index in [-0.39, 0.29) is 16.9 Å². The quantitative estimate of drug-likeness (QED) is 0.693. The van der Waals surface area contributed by atoms with Crippen molar-refractivity contribution in [3.63, 3.8) is 0 Å². The van der Waals surface area contributed by atoms with Crippen molar-refractivity contribution in [3.05, 3.63) is 34.9 Å². The SMILES string of the molecule is CCN1C(=O)C2(CCN(CC(C)C)CC2)CC12CCN(C(=O)c1ccc(Cl)cc1)CC2.